The number of piperidine rings is 1. The molecule has 0 saturated carbocycles. The third kappa shape index (κ3) is 2.72. The van der Waals surface area contributed by atoms with Crippen LogP contribution in [0.2, 0.25) is 0 Å². The van der Waals surface area contributed by atoms with E-state index in [0.29, 0.717) is 10.8 Å². The smallest absolute Gasteiger partial charge is 0.243 e. The molecule has 0 spiro atoms. The monoisotopic (exact) mass is 339 g/mol. The van der Waals surface area contributed by atoms with Crippen molar-refractivity contribution in [2.45, 2.75) is 54.8 Å². The number of hydrogen-bond donors (Lipinski definition) is 0. The minimum atomic E-state index is -3.51. The summed E-state index contributed by atoms with van der Waals surface area (Å²) in [6, 6.07) is 6.65. The number of rotatable bonds is 4. The zero-order valence-electron chi connectivity index (χ0n) is 12.9. The summed E-state index contributed by atoms with van der Waals surface area (Å²) in [6.07, 6.45) is 5.87. The number of Topliss-reactive ketones (excluding diaryl/α,β-unsaturated/α-hetero) is 1. The van der Waals surface area contributed by atoms with Crippen molar-refractivity contribution in [2.24, 2.45) is 0 Å². The first-order valence-corrected chi connectivity index (χ1v) is 10.3. The van der Waals surface area contributed by atoms with Gasteiger partial charge in [0.05, 0.1) is 4.90 Å². The van der Waals surface area contributed by atoms with Crippen LogP contribution in [0.3, 0.4) is 0 Å². The van der Waals surface area contributed by atoms with E-state index in [1.54, 1.807) is 22.5 Å². The van der Waals surface area contributed by atoms with Gasteiger partial charge in [-0.25, -0.2) is 8.42 Å². The molecule has 120 valence electrons. The first-order valence-electron chi connectivity index (χ1n) is 7.61. The molecular weight excluding hydrogens is 318 g/mol. The summed E-state index contributed by atoms with van der Waals surface area (Å²) in [5, 5.41) is 0.563. The van der Waals surface area contributed by atoms with Crippen LogP contribution in [0.1, 0.15) is 43.0 Å². The van der Waals surface area contributed by atoms with E-state index < -0.39 is 10.0 Å². The highest BCUT2D eigenvalue weighted by Crippen LogP contribution is 2.42. The number of nitrogens with zero attached hydrogens (tertiary/aromatic N) is 1. The van der Waals surface area contributed by atoms with Gasteiger partial charge in [-0.05, 0) is 51.0 Å². The first-order chi connectivity index (χ1) is 10.4. The Kier molecular flexibility index (Phi) is 4.36. The molecule has 0 radical (unpaired) electrons. The lowest BCUT2D eigenvalue weighted by Gasteiger charge is -2.37. The lowest BCUT2D eigenvalue weighted by atomic mass is 10.1. The summed E-state index contributed by atoms with van der Waals surface area (Å²) in [5.41, 5.74) is 0.451. The fourth-order valence-electron chi connectivity index (χ4n) is 3.67. The molecule has 0 aromatic heterocycles. The van der Waals surface area contributed by atoms with Crippen molar-refractivity contribution in [1.29, 1.82) is 0 Å². The van der Waals surface area contributed by atoms with Gasteiger partial charge in [0.25, 0.3) is 0 Å². The minimum Gasteiger partial charge on any atom is -0.295 e. The third-order valence-corrected chi connectivity index (χ3v) is 7.82. The van der Waals surface area contributed by atoms with Crippen molar-refractivity contribution in [1.82, 2.24) is 4.31 Å². The van der Waals surface area contributed by atoms with Gasteiger partial charge >= 0.3 is 0 Å². The maximum atomic E-state index is 13.0. The van der Waals surface area contributed by atoms with Crippen molar-refractivity contribution < 1.29 is 13.2 Å². The largest absolute Gasteiger partial charge is 0.295 e. The number of fused-ring (bicyclic) bond motifs is 2. The van der Waals surface area contributed by atoms with Gasteiger partial charge in [-0.15, -0.1) is 0 Å². The molecular formula is C16H21NO3S2. The van der Waals surface area contributed by atoms with E-state index in [-0.39, 0.29) is 22.8 Å². The molecule has 2 aliphatic rings. The summed E-state index contributed by atoms with van der Waals surface area (Å²) in [4.78, 5) is 11.8. The Labute approximate surface area is 136 Å². The Balaban J connectivity index is 1.94. The predicted molar refractivity (Wildman–Crippen MR) is 88.8 cm³/mol. The Hall–Kier alpha value is -0.850. The molecule has 1 aromatic rings. The summed E-state index contributed by atoms with van der Waals surface area (Å²) in [5.74, 6) is -0.110. The average Bonchev–Trinajstić information content (AvgIpc) is 2.79. The van der Waals surface area contributed by atoms with Gasteiger partial charge in [0.15, 0.2) is 5.78 Å². The number of carbonyl (C=O) groups excluding carboxylic acids is 1. The standard InChI is InChI=1S/C16H21NO3S2/c1-11(18)12-4-3-5-16(8-12)22(19,20)17-13-6-7-14(17)10-15(9-13)21-2/h3-5,8,13-15H,6-7,9-10H2,1-2H3. The van der Waals surface area contributed by atoms with E-state index in [4.69, 9.17) is 0 Å². The molecule has 2 unspecified atom stereocenters. The van der Waals surface area contributed by atoms with E-state index in [1.807, 2.05) is 11.8 Å². The van der Waals surface area contributed by atoms with Crippen LogP contribution in [0.15, 0.2) is 29.2 Å². The SMILES string of the molecule is CSC1CC2CCC(C1)N2S(=O)(=O)c1cccc(C(C)=O)c1. The van der Waals surface area contributed by atoms with Gasteiger partial charge < -0.3 is 0 Å². The number of benzene rings is 1. The van der Waals surface area contributed by atoms with Crippen LogP contribution in [-0.4, -0.2) is 42.1 Å². The quantitative estimate of drug-likeness (QED) is 0.792. The zero-order valence-corrected chi connectivity index (χ0v) is 14.5. The van der Waals surface area contributed by atoms with Gasteiger partial charge in [0.1, 0.15) is 0 Å². The van der Waals surface area contributed by atoms with E-state index in [0.717, 1.165) is 25.7 Å². The molecule has 6 heteroatoms. The van der Waals surface area contributed by atoms with E-state index in [1.165, 1.54) is 13.0 Å². The summed E-state index contributed by atoms with van der Waals surface area (Å²) in [7, 11) is -3.51. The van der Waals surface area contributed by atoms with Gasteiger partial charge in [-0.3, -0.25) is 4.79 Å². The van der Waals surface area contributed by atoms with Crippen LogP contribution < -0.4 is 0 Å². The fraction of sp³-hybridized carbons (Fsp3) is 0.562. The molecule has 0 amide bonds. The number of hydrogen-bond acceptors (Lipinski definition) is 4. The minimum absolute atomic E-state index is 0.110. The molecule has 2 bridgehead atoms. The van der Waals surface area contributed by atoms with Gasteiger partial charge in [-0.1, -0.05) is 12.1 Å². The van der Waals surface area contributed by atoms with Crippen LogP contribution in [0.4, 0.5) is 0 Å². The average molecular weight is 339 g/mol. The number of carbonyl (C=O) groups is 1. The van der Waals surface area contributed by atoms with E-state index in [2.05, 4.69) is 6.26 Å². The van der Waals surface area contributed by atoms with E-state index in [9.17, 15) is 13.2 Å². The van der Waals surface area contributed by atoms with Gasteiger partial charge in [0.2, 0.25) is 10.0 Å². The molecule has 3 rings (SSSR count). The normalized spacial score (nSPS) is 28.7. The first kappa shape index (κ1) is 16.0. The fourth-order valence-corrected chi connectivity index (χ4v) is 6.43. The molecule has 2 atom stereocenters. The Morgan fingerprint density at radius 3 is 2.41 bits per heavy atom. The third-order valence-electron chi connectivity index (χ3n) is 4.77. The van der Waals surface area contributed by atoms with Crippen LogP contribution in [-0.2, 0) is 10.0 Å². The van der Waals surface area contributed by atoms with Crippen molar-refractivity contribution in [3.63, 3.8) is 0 Å². The topological polar surface area (TPSA) is 54.5 Å². The van der Waals surface area contributed by atoms with E-state index >= 15 is 0 Å². The molecule has 22 heavy (non-hydrogen) atoms. The Bertz CT molecular complexity index is 672. The Morgan fingerprint density at radius 1 is 1.23 bits per heavy atom. The number of thioether (sulfide) groups is 1. The highest BCUT2D eigenvalue weighted by Gasteiger charge is 2.46. The number of sulfonamides is 1. The second-order valence-electron chi connectivity index (χ2n) is 6.13. The van der Waals surface area contributed by atoms with Gasteiger partial charge in [-0.2, -0.15) is 16.1 Å². The summed E-state index contributed by atoms with van der Waals surface area (Å²) < 4.78 is 27.8. The Morgan fingerprint density at radius 2 is 1.86 bits per heavy atom. The molecule has 1 aromatic carbocycles. The van der Waals surface area contributed by atoms with Crippen LogP contribution in [0.25, 0.3) is 0 Å². The van der Waals surface area contributed by atoms with Crippen molar-refractivity contribution in [3.05, 3.63) is 29.8 Å². The van der Waals surface area contributed by atoms with Crippen LogP contribution in [0.5, 0.6) is 0 Å². The molecule has 2 heterocycles. The second-order valence-corrected chi connectivity index (χ2v) is 9.11. The molecule has 2 fully saturated rings. The van der Waals surface area contributed by atoms with Crippen LogP contribution >= 0.6 is 11.8 Å². The highest BCUT2D eigenvalue weighted by atomic mass is 32.2. The van der Waals surface area contributed by atoms with Crippen LogP contribution in [0, 0.1) is 0 Å². The van der Waals surface area contributed by atoms with Crippen molar-refractivity contribution >= 4 is 27.6 Å². The highest BCUT2D eigenvalue weighted by molar-refractivity contribution is 7.99. The second kappa shape index (κ2) is 5.98. The molecule has 4 nitrogen and oxygen atoms in total. The maximum absolute atomic E-state index is 13.0. The maximum Gasteiger partial charge on any atom is 0.243 e. The number of ketones is 1. The molecule has 2 aliphatic heterocycles. The van der Waals surface area contributed by atoms with Crippen molar-refractivity contribution in [3.8, 4) is 0 Å². The predicted octanol–water partition coefficient (Wildman–Crippen LogP) is 2.94. The lowest BCUT2D eigenvalue weighted by molar-refractivity contribution is 0.101. The summed E-state index contributed by atoms with van der Waals surface area (Å²) in [6.45, 7) is 1.46. The molecule has 0 aliphatic carbocycles. The zero-order chi connectivity index (χ0) is 15.9. The molecule has 0 N–H and O–H groups in total. The van der Waals surface area contributed by atoms with Crippen molar-refractivity contribution in [2.75, 3.05) is 6.26 Å². The molecule has 2 saturated heterocycles. The summed E-state index contributed by atoms with van der Waals surface area (Å²) >= 11 is 1.84. The van der Waals surface area contributed by atoms with Gasteiger partial charge in [0, 0.05) is 22.9 Å². The lowest BCUT2D eigenvalue weighted by Crippen LogP contribution is -2.47.